The van der Waals surface area contributed by atoms with Gasteiger partial charge in [0.25, 0.3) is 0 Å². The van der Waals surface area contributed by atoms with Crippen LogP contribution in [0.25, 0.3) is 0 Å². The van der Waals surface area contributed by atoms with Crippen LogP contribution in [0.4, 0.5) is 0 Å². The topological polar surface area (TPSA) is 0 Å². The van der Waals surface area contributed by atoms with Crippen LogP contribution in [0.5, 0.6) is 0 Å². The molecule has 4 unspecified atom stereocenters. The molecule has 0 heteroatoms. The lowest BCUT2D eigenvalue weighted by atomic mass is 9.84. The SMILES string of the molecule is C=CC(C)CCC(C)C(C)CCC(C)CC. The lowest BCUT2D eigenvalue weighted by Crippen LogP contribution is -2.10. The molecule has 0 saturated carbocycles. The van der Waals surface area contributed by atoms with Crippen molar-refractivity contribution < 1.29 is 0 Å². The molecule has 0 aromatic heterocycles. The van der Waals surface area contributed by atoms with Gasteiger partial charge in [0.05, 0.1) is 0 Å². The van der Waals surface area contributed by atoms with E-state index in [1.54, 1.807) is 0 Å². The lowest BCUT2D eigenvalue weighted by molar-refractivity contribution is 0.302. The molecule has 0 rings (SSSR count). The van der Waals surface area contributed by atoms with E-state index in [1.807, 2.05) is 0 Å². The Labute approximate surface area is 104 Å². The van der Waals surface area contributed by atoms with Crippen molar-refractivity contribution >= 4 is 0 Å². The van der Waals surface area contributed by atoms with Gasteiger partial charge in [0.15, 0.2) is 0 Å². The van der Waals surface area contributed by atoms with Gasteiger partial charge in [-0.15, -0.1) is 6.58 Å². The predicted octanol–water partition coefficient (Wildman–Crippen LogP) is 5.69. The minimum atomic E-state index is 0.684. The molecule has 0 aliphatic heterocycles. The van der Waals surface area contributed by atoms with Gasteiger partial charge < -0.3 is 0 Å². The molecule has 0 amide bonds. The third-order valence-corrected chi connectivity index (χ3v) is 4.26. The molecule has 0 aromatic carbocycles. The fraction of sp³-hybridized carbons (Fsp3) is 0.875. The number of hydrogen-bond donors (Lipinski definition) is 0. The van der Waals surface area contributed by atoms with Gasteiger partial charge in [-0.3, -0.25) is 0 Å². The zero-order valence-electron chi connectivity index (χ0n) is 12.1. The monoisotopic (exact) mass is 224 g/mol. The van der Waals surface area contributed by atoms with Gasteiger partial charge in [-0.05, 0) is 36.5 Å². The first-order valence-corrected chi connectivity index (χ1v) is 7.13. The maximum atomic E-state index is 3.85. The van der Waals surface area contributed by atoms with Crippen molar-refractivity contribution in [3.05, 3.63) is 12.7 Å². The molecular weight excluding hydrogens is 192 g/mol. The molecule has 0 bridgehead atoms. The maximum absolute atomic E-state index is 3.85. The van der Waals surface area contributed by atoms with Crippen molar-refractivity contribution in [1.82, 2.24) is 0 Å². The summed E-state index contributed by atoms with van der Waals surface area (Å²) in [5.41, 5.74) is 0. The van der Waals surface area contributed by atoms with Crippen molar-refractivity contribution in [3.63, 3.8) is 0 Å². The Hall–Kier alpha value is -0.260. The second kappa shape index (κ2) is 8.84. The number of hydrogen-bond acceptors (Lipinski definition) is 0. The zero-order chi connectivity index (χ0) is 12.6. The highest BCUT2D eigenvalue weighted by molar-refractivity contribution is 4.76. The molecule has 16 heavy (non-hydrogen) atoms. The Bertz CT molecular complexity index is 171. The number of rotatable bonds is 9. The van der Waals surface area contributed by atoms with Gasteiger partial charge in [-0.25, -0.2) is 0 Å². The molecule has 0 aliphatic rings. The van der Waals surface area contributed by atoms with Gasteiger partial charge >= 0.3 is 0 Å². The van der Waals surface area contributed by atoms with Gasteiger partial charge in [0.2, 0.25) is 0 Å². The van der Waals surface area contributed by atoms with Crippen LogP contribution in [0.3, 0.4) is 0 Å². The lowest BCUT2D eigenvalue weighted by Gasteiger charge is -2.22. The molecule has 96 valence electrons. The molecule has 0 nitrogen and oxygen atoms in total. The molecule has 0 aliphatic carbocycles. The van der Waals surface area contributed by atoms with Gasteiger partial charge in [0, 0.05) is 0 Å². The van der Waals surface area contributed by atoms with E-state index >= 15 is 0 Å². The molecule has 0 spiro atoms. The zero-order valence-corrected chi connectivity index (χ0v) is 12.1. The van der Waals surface area contributed by atoms with E-state index in [4.69, 9.17) is 0 Å². The highest BCUT2D eigenvalue weighted by atomic mass is 14.2. The highest BCUT2D eigenvalue weighted by Crippen LogP contribution is 2.25. The highest BCUT2D eigenvalue weighted by Gasteiger charge is 2.13. The second-order valence-electron chi connectivity index (χ2n) is 5.84. The fourth-order valence-corrected chi connectivity index (χ4v) is 1.96. The van der Waals surface area contributed by atoms with Crippen molar-refractivity contribution in [2.75, 3.05) is 0 Å². The van der Waals surface area contributed by atoms with Crippen LogP contribution in [0.15, 0.2) is 12.7 Å². The summed E-state index contributed by atoms with van der Waals surface area (Å²) < 4.78 is 0. The first-order valence-electron chi connectivity index (χ1n) is 7.13. The van der Waals surface area contributed by atoms with Gasteiger partial charge in [-0.1, -0.05) is 60.0 Å². The van der Waals surface area contributed by atoms with Crippen molar-refractivity contribution in [1.29, 1.82) is 0 Å². The third-order valence-electron chi connectivity index (χ3n) is 4.26. The normalized spacial score (nSPS) is 18.8. The molecule has 0 N–H and O–H groups in total. The van der Waals surface area contributed by atoms with Crippen molar-refractivity contribution in [2.45, 2.75) is 66.7 Å². The molecule has 0 saturated heterocycles. The Morgan fingerprint density at radius 1 is 0.875 bits per heavy atom. The average molecular weight is 224 g/mol. The summed E-state index contributed by atoms with van der Waals surface area (Å²) in [4.78, 5) is 0. The predicted molar refractivity (Wildman–Crippen MR) is 75.6 cm³/mol. The van der Waals surface area contributed by atoms with Crippen LogP contribution in [0.2, 0.25) is 0 Å². The molecule has 4 atom stereocenters. The standard InChI is InChI=1S/C16H32/c1-7-13(3)9-11-15(5)16(6)12-10-14(4)8-2/h7,13-16H,1,8-12H2,2-6H3. The Kier molecular flexibility index (Phi) is 8.70. The van der Waals surface area contributed by atoms with Crippen molar-refractivity contribution in [3.8, 4) is 0 Å². The minimum absolute atomic E-state index is 0.684. The smallest absolute Gasteiger partial charge is 0.0265 e. The van der Waals surface area contributed by atoms with Gasteiger partial charge in [0.1, 0.15) is 0 Å². The van der Waals surface area contributed by atoms with E-state index in [2.05, 4.69) is 47.3 Å². The van der Waals surface area contributed by atoms with E-state index in [-0.39, 0.29) is 0 Å². The molecule has 0 aromatic rings. The maximum Gasteiger partial charge on any atom is -0.0265 e. The van der Waals surface area contributed by atoms with E-state index in [9.17, 15) is 0 Å². The minimum Gasteiger partial charge on any atom is -0.103 e. The largest absolute Gasteiger partial charge is 0.103 e. The first-order chi connectivity index (χ1) is 7.51. The van der Waals surface area contributed by atoms with E-state index in [0.29, 0.717) is 5.92 Å². The quantitative estimate of drug-likeness (QED) is 0.441. The summed E-state index contributed by atoms with van der Waals surface area (Å²) in [5.74, 6) is 3.34. The molecule has 0 heterocycles. The van der Waals surface area contributed by atoms with Gasteiger partial charge in [-0.2, -0.15) is 0 Å². The van der Waals surface area contributed by atoms with Crippen LogP contribution in [0, 0.1) is 23.7 Å². The van der Waals surface area contributed by atoms with E-state index in [0.717, 1.165) is 17.8 Å². The summed E-state index contributed by atoms with van der Waals surface area (Å²) in [6, 6.07) is 0. The van der Waals surface area contributed by atoms with E-state index < -0.39 is 0 Å². The average Bonchev–Trinajstić information content (AvgIpc) is 2.31. The van der Waals surface area contributed by atoms with E-state index in [1.165, 1.54) is 32.1 Å². The number of allylic oxidation sites excluding steroid dienone is 1. The summed E-state index contributed by atoms with van der Waals surface area (Å²) in [6.07, 6.45) is 8.87. The second-order valence-corrected chi connectivity index (χ2v) is 5.84. The third kappa shape index (κ3) is 7.09. The van der Waals surface area contributed by atoms with Crippen molar-refractivity contribution in [2.24, 2.45) is 23.7 Å². The molecule has 0 fully saturated rings. The summed E-state index contributed by atoms with van der Waals surface area (Å²) >= 11 is 0. The summed E-state index contributed by atoms with van der Waals surface area (Å²) in [5, 5.41) is 0. The van der Waals surface area contributed by atoms with Crippen LogP contribution in [-0.2, 0) is 0 Å². The van der Waals surface area contributed by atoms with Crippen LogP contribution < -0.4 is 0 Å². The van der Waals surface area contributed by atoms with Crippen LogP contribution >= 0.6 is 0 Å². The fourth-order valence-electron chi connectivity index (χ4n) is 1.96. The Morgan fingerprint density at radius 2 is 1.38 bits per heavy atom. The summed E-state index contributed by atoms with van der Waals surface area (Å²) in [7, 11) is 0. The first kappa shape index (κ1) is 15.7. The molecular formula is C16H32. The summed E-state index contributed by atoms with van der Waals surface area (Å²) in [6.45, 7) is 15.6. The Balaban J connectivity index is 3.72. The molecule has 0 radical (unpaired) electrons. The van der Waals surface area contributed by atoms with Crippen LogP contribution in [0.1, 0.15) is 66.7 Å². The Morgan fingerprint density at radius 3 is 1.81 bits per heavy atom. The van der Waals surface area contributed by atoms with Crippen LogP contribution in [-0.4, -0.2) is 0 Å².